The summed E-state index contributed by atoms with van der Waals surface area (Å²) < 4.78 is 34.6. The van der Waals surface area contributed by atoms with Crippen LogP contribution in [-0.2, 0) is 21.3 Å². The second kappa shape index (κ2) is 10.6. The summed E-state index contributed by atoms with van der Waals surface area (Å²) in [5.41, 5.74) is 1.91. The van der Waals surface area contributed by atoms with Crippen LogP contribution in [0.25, 0.3) is 0 Å². The van der Waals surface area contributed by atoms with Crippen molar-refractivity contribution in [1.29, 1.82) is 0 Å². The van der Waals surface area contributed by atoms with Crippen molar-refractivity contribution in [3.63, 3.8) is 0 Å². The van der Waals surface area contributed by atoms with E-state index in [0.717, 1.165) is 38.0 Å². The van der Waals surface area contributed by atoms with Crippen LogP contribution < -0.4 is 4.72 Å². The van der Waals surface area contributed by atoms with Crippen LogP contribution in [0.15, 0.2) is 53.4 Å². The maximum Gasteiger partial charge on any atom is 0.254 e. The molecule has 0 saturated carbocycles. The molecule has 3 atom stereocenters. The predicted molar refractivity (Wildman–Crippen MR) is 132 cm³/mol. The fraction of sp³-hybridized carbons (Fsp3) is 0.500. The van der Waals surface area contributed by atoms with E-state index < -0.39 is 10.0 Å². The van der Waals surface area contributed by atoms with Crippen molar-refractivity contribution in [2.75, 3.05) is 26.2 Å². The predicted octanol–water partition coefficient (Wildman–Crippen LogP) is 3.19. The molecule has 7 nitrogen and oxygen atoms in total. The lowest BCUT2D eigenvalue weighted by Gasteiger charge is -2.38. The normalized spacial score (nSPS) is 23.9. The first-order valence-corrected chi connectivity index (χ1v) is 13.5. The Morgan fingerprint density at radius 2 is 1.79 bits per heavy atom. The summed E-state index contributed by atoms with van der Waals surface area (Å²) in [4.78, 5) is 17.9. The highest BCUT2D eigenvalue weighted by atomic mass is 32.2. The smallest absolute Gasteiger partial charge is 0.254 e. The van der Waals surface area contributed by atoms with Crippen molar-refractivity contribution < 1.29 is 17.9 Å². The minimum atomic E-state index is -3.76. The third-order valence-corrected chi connectivity index (χ3v) is 8.18. The van der Waals surface area contributed by atoms with Crippen molar-refractivity contribution in [1.82, 2.24) is 14.5 Å². The Kier molecular flexibility index (Phi) is 7.72. The van der Waals surface area contributed by atoms with Gasteiger partial charge in [0.25, 0.3) is 5.91 Å². The van der Waals surface area contributed by atoms with Crippen LogP contribution in [0, 0.1) is 6.92 Å². The van der Waals surface area contributed by atoms with E-state index >= 15 is 0 Å². The zero-order valence-corrected chi connectivity index (χ0v) is 21.1. The molecule has 1 amide bonds. The second-order valence-corrected chi connectivity index (χ2v) is 11.3. The quantitative estimate of drug-likeness (QED) is 0.652. The molecular weight excluding hydrogens is 450 g/mol. The third kappa shape index (κ3) is 5.86. The lowest BCUT2D eigenvalue weighted by Crippen LogP contribution is -2.50. The number of sulfonamides is 1. The summed E-state index contributed by atoms with van der Waals surface area (Å²) in [7, 11) is -3.76. The first kappa shape index (κ1) is 24.9. The Bertz CT molecular complexity index is 1100. The molecule has 4 rings (SSSR count). The van der Waals surface area contributed by atoms with E-state index in [9.17, 15) is 13.2 Å². The van der Waals surface area contributed by atoms with Gasteiger partial charge in [-0.1, -0.05) is 36.4 Å². The monoisotopic (exact) mass is 485 g/mol. The van der Waals surface area contributed by atoms with Crippen LogP contribution in [0.5, 0.6) is 0 Å². The summed E-state index contributed by atoms with van der Waals surface area (Å²) in [6.07, 6.45) is 2.29. The molecule has 8 heteroatoms. The van der Waals surface area contributed by atoms with Gasteiger partial charge in [-0.05, 0) is 56.9 Å². The number of ether oxygens (including phenoxy) is 1. The lowest BCUT2D eigenvalue weighted by molar-refractivity contribution is -0.0715. The Hall–Kier alpha value is -2.26. The van der Waals surface area contributed by atoms with Gasteiger partial charge < -0.3 is 9.64 Å². The topological polar surface area (TPSA) is 79.0 Å². The first-order chi connectivity index (χ1) is 16.2. The maximum atomic E-state index is 13.5. The minimum Gasteiger partial charge on any atom is -0.373 e. The Morgan fingerprint density at radius 1 is 1.09 bits per heavy atom. The van der Waals surface area contributed by atoms with Gasteiger partial charge in [-0.2, -0.15) is 0 Å². The summed E-state index contributed by atoms with van der Waals surface area (Å²) in [6, 6.07) is 14.5. The molecule has 34 heavy (non-hydrogen) atoms. The summed E-state index contributed by atoms with van der Waals surface area (Å²) in [5, 5.41) is 0. The summed E-state index contributed by atoms with van der Waals surface area (Å²) in [6.45, 7) is 9.36. The van der Waals surface area contributed by atoms with Crippen LogP contribution >= 0.6 is 0 Å². The zero-order valence-electron chi connectivity index (χ0n) is 20.2. The van der Waals surface area contributed by atoms with Crippen LogP contribution in [0.3, 0.4) is 0 Å². The number of benzene rings is 2. The average Bonchev–Trinajstić information content (AvgIpc) is 3.25. The van der Waals surface area contributed by atoms with Crippen molar-refractivity contribution in [2.45, 2.75) is 63.3 Å². The third-order valence-electron chi connectivity index (χ3n) is 6.64. The number of hydrogen-bond acceptors (Lipinski definition) is 5. The molecule has 2 aliphatic rings. The number of hydrogen-bond donors (Lipinski definition) is 1. The number of amides is 1. The molecule has 0 bridgehead atoms. The molecule has 2 fully saturated rings. The fourth-order valence-corrected chi connectivity index (χ4v) is 6.35. The number of aryl methyl sites for hydroxylation is 1. The second-order valence-electron chi connectivity index (χ2n) is 9.56. The lowest BCUT2D eigenvalue weighted by atomic mass is 10.1. The molecule has 2 aromatic carbocycles. The number of carbonyl (C=O) groups is 1. The molecule has 2 saturated heterocycles. The van der Waals surface area contributed by atoms with Gasteiger partial charge in [0.05, 0.1) is 17.1 Å². The van der Waals surface area contributed by atoms with Gasteiger partial charge in [0, 0.05) is 44.3 Å². The Morgan fingerprint density at radius 3 is 2.50 bits per heavy atom. The van der Waals surface area contributed by atoms with Crippen molar-refractivity contribution in [3.05, 3.63) is 65.2 Å². The van der Waals surface area contributed by atoms with E-state index in [2.05, 4.69) is 23.5 Å². The molecule has 184 valence electrons. The molecule has 3 unspecified atom stereocenters. The molecule has 0 radical (unpaired) electrons. The molecule has 2 aromatic rings. The largest absolute Gasteiger partial charge is 0.373 e. The minimum absolute atomic E-state index is 0.101. The number of carbonyl (C=O) groups excluding carboxylic acids is 1. The molecule has 0 aromatic heterocycles. The Labute approximate surface area is 203 Å². The number of morpholine rings is 1. The van der Waals surface area contributed by atoms with Crippen LogP contribution in [0.1, 0.15) is 48.2 Å². The maximum absolute atomic E-state index is 13.5. The molecule has 0 spiro atoms. The number of nitrogens with zero attached hydrogens (tertiary/aromatic N) is 2. The molecule has 0 aliphatic carbocycles. The van der Waals surface area contributed by atoms with Gasteiger partial charge in [0.2, 0.25) is 10.0 Å². The molecule has 2 heterocycles. The van der Waals surface area contributed by atoms with E-state index in [1.54, 1.807) is 19.1 Å². The molecule has 1 N–H and O–H groups in total. The van der Waals surface area contributed by atoms with Gasteiger partial charge in [-0.25, -0.2) is 13.1 Å². The first-order valence-electron chi connectivity index (χ1n) is 12.1. The number of nitrogens with one attached hydrogen (secondary N) is 1. The van der Waals surface area contributed by atoms with E-state index in [-0.39, 0.29) is 35.6 Å². The standard InChI is InChI=1S/C26H35N3O4S/c1-19-11-12-23(14-25(19)34(31,32)27-15-22-8-5-4-6-9-22)26(30)29-13-7-10-24(29)18-28-16-20(2)33-21(3)17-28/h4-6,8-9,11-12,14,20-21,24,27H,7,10,13,15-18H2,1-3H3. The van der Waals surface area contributed by atoms with E-state index in [4.69, 9.17) is 4.74 Å². The van der Waals surface area contributed by atoms with E-state index in [1.807, 2.05) is 35.2 Å². The van der Waals surface area contributed by atoms with Gasteiger partial charge in [0.15, 0.2) is 0 Å². The van der Waals surface area contributed by atoms with Gasteiger partial charge in [0.1, 0.15) is 0 Å². The fourth-order valence-electron chi connectivity index (χ4n) is 5.06. The van der Waals surface area contributed by atoms with Gasteiger partial charge in [-0.3, -0.25) is 9.69 Å². The highest BCUT2D eigenvalue weighted by molar-refractivity contribution is 7.89. The molecular formula is C26H35N3O4S. The highest BCUT2D eigenvalue weighted by Crippen LogP contribution is 2.25. The summed E-state index contributed by atoms with van der Waals surface area (Å²) in [5.74, 6) is -0.101. The van der Waals surface area contributed by atoms with Crippen LogP contribution in [0.2, 0.25) is 0 Å². The van der Waals surface area contributed by atoms with E-state index in [1.165, 1.54) is 6.07 Å². The van der Waals surface area contributed by atoms with Crippen molar-refractivity contribution in [3.8, 4) is 0 Å². The van der Waals surface area contributed by atoms with Crippen molar-refractivity contribution >= 4 is 15.9 Å². The van der Waals surface area contributed by atoms with Gasteiger partial charge in [-0.15, -0.1) is 0 Å². The van der Waals surface area contributed by atoms with Gasteiger partial charge >= 0.3 is 0 Å². The number of rotatable bonds is 7. The van der Waals surface area contributed by atoms with Crippen LogP contribution in [0.4, 0.5) is 0 Å². The highest BCUT2D eigenvalue weighted by Gasteiger charge is 2.33. The van der Waals surface area contributed by atoms with E-state index in [0.29, 0.717) is 17.7 Å². The number of likely N-dealkylation sites (tertiary alicyclic amines) is 1. The zero-order chi connectivity index (χ0) is 24.3. The van der Waals surface area contributed by atoms with Crippen molar-refractivity contribution in [2.24, 2.45) is 0 Å². The van der Waals surface area contributed by atoms with Crippen LogP contribution in [-0.4, -0.2) is 68.6 Å². The summed E-state index contributed by atoms with van der Waals surface area (Å²) >= 11 is 0. The average molecular weight is 486 g/mol. The Balaban J connectivity index is 1.48. The SMILES string of the molecule is Cc1ccc(C(=O)N2CCCC2CN2CC(C)OC(C)C2)cc1S(=O)(=O)NCc1ccccc1. The molecule has 2 aliphatic heterocycles.